The number of hydrogen-bond acceptors (Lipinski definition) is 4. The van der Waals surface area contributed by atoms with E-state index in [1.165, 1.54) is 12.1 Å². The Morgan fingerprint density at radius 2 is 2.10 bits per heavy atom. The number of allylic oxidation sites excluding steroid dienone is 1. The zero-order chi connectivity index (χ0) is 21.5. The molecule has 30 heavy (non-hydrogen) atoms. The molecular formula is C23H24FN3O3. The van der Waals surface area contributed by atoms with E-state index < -0.39 is 6.04 Å². The van der Waals surface area contributed by atoms with Gasteiger partial charge in [-0.1, -0.05) is 30.4 Å². The first-order valence-corrected chi connectivity index (χ1v) is 9.47. The van der Waals surface area contributed by atoms with E-state index in [0.717, 1.165) is 5.56 Å². The molecule has 3 rings (SSSR count). The molecule has 0 fully saturated rings. The van der Waals surface area contributed by atoms with Crippen molar-refractivity contribution < 1.29 is 18.7 Å². The highest BCUT2D eigenvalue weighted by atomic mass is 19.1. The van der Waals surface area contributed by atoms with Crippen molar-refractivity contribution in [3.8, 4) is 11.5 Å². The highest BCUT2D eigenvalue weighted by Gasteiger charge is 2.21. The second-order valence-electron chi connectivity index (χ2n) is 6.65. The summed E-state index contributed by atoms with van der Waals surface area (Å²) < 4.78 is 26.6. The zero-order valence-electron chi connectivity index (χ0n) is 17.1. The molecule has 1 unspecified atom stereocenters. The van der Waals surface area contributed by atoms with Crippen molar-refractivity contribution >= 4 is 12.0 Å². The second kappa shape index (κ2) is 9.73. The Balaban J connectivity index is 1.75. The van der Waals surface area contributed by atoms with E-state index >= 15 is 0 Å². The normalized spacial score (nSPS) is 12.0. The van der Waals surface area contributed by atoms with Gasteiger partial charge >= 0.3 is 0 Å². The van der Waals surface area contributed by atoms with Crippen LogP contribution >= 0.6 is 0 Å². The molecule has 0 aliphatic rings. The van der Waals surface area contributed by atoms with Crippen LogP contribution in [0.3, 0.4) is 0 Å². The molecule has 0 radical (unpaired) electrons. The molecule has 1 N–H and O–H groups in total. The van der Waals surface area contributed by atoms with Gasteiger partial charge < -0.3 is 19.4 Å². The van der Waals surface area contributed by atoms with Crippen LogP contribution in [0.25, 0.3) is 6.08 Å². The van der Waals surface area contributed by atoms with Crippen LogP contribution in [-0.4, -0.2) is 29.2 Å². The third kappa shape index (κ3) is 5.05. The fraction of sp³-hybridized carbons (Fsp3) is 0.217. The largest absolute Gasteiger partial charge is 0.493 e. The molecule has 1 aromatic heterocycles. The number of carbonyl (C=O) groups excluding carboxylic acids is 1. The Morgan fingerprint density at radius 3 is 2.77 bits per heavy atom. The standard InChI is InChI=1S/C23H24FN3O3/c1-4-6-16-9-10-19(20(13-16)29-3)30-15-21(28)26-22(23-25-11-12-27(23)2)17-7-5-8-18(24)14-17/h4-14,22H,15H2,1-3H3,(H,26,28)/b6-4+. The third-order valence-electron chi connectivity index (χ3n) is 4.51. The first kappa shape index (κ1) is 21.1. The topological polar surface area (TPSA) is 65.4 Å². The highest BCUT2D eigenvalue weighted by molar-refractivity contribution is 5.78. The average Bonchev–Trinajstić information content (AvgIpc) is 3.16. The molecular weight excluding hydrogens is 385 g/mol. The van der Waals surface area contributed by atoms with Gasteiger partial charge in [-0.15, -0.1) is 0 Å². The first-order valence-electron chi connectivity index (χ1n) is 9.47. The van der Waals surface area contributed by atoms with Gasteiger partial charge in [0, 0.05) is 19.4 Å². The summed E-state index contributed by atoms with van der Waals surface area (Å²) in [4.78, 5) is 16.9. The van der Waals surface area contributed by atoms with Crippen LogP contribution in [0.2, 0.25) is 0 Å². The summed E-state index contributed by atoms with van der Waals surface area (Å²) in [6, 6.07) is 10.9. The predicted octanol–water partition coefficient (Wildman–Crippen LogP) is 3.89. The number of methoxy groups -OCH3 is 1. The lowest BCUT2D eigenvalue weighted by Crippen LogP contribution is -2.34. The van der Waals surface area contributed by atoms with Crippen molar-refractivity contribution in [3.05, 3.63) is 83.7 Å². The highest BCUT2D eigenvalue weighted by Crippen LogP contribution is 2.28. The van der Waals surface area contributed by atoms with Gasteiger partial charge in [0.05, 0.1) is 7.11 Å². The number of amides is 1. The predicted molar refractivity (Wildman–Crippen MR) is 113 cm³/mol. The number of benzene rings is 2. The van der Waals surface area contributed by atoms with Crippen LogP contribution < -0.4 is 14.8 Å². The van der Waals surface area contributed by atoms with Crippen molar-refractivity contribution in [3.63, 3.8) is 0 Å². The fourth-order valence-electron chi connectivity index (χ4n) is 3.08. The van der Waals surface area contributed by atoms with Gasteiger partial charge in [-0.25, -0.2) is 9.37 Å². The summed E-state index contributed by atoms with van der Waals surface area (Å²) >= 11 is 0. The molecule has 3 aromatic rings. The minimum atomic E-state index is -0.615. The van der Waals surface area contributed by atoms with Crippen molar-refractivity contribution in [1.29, 1.82) is 0 Å². The van der Waals surface area contributed by atoms with Crippen LogP contribution in [0.4, 0.5) is 4.39 Å². The minimum Gasteiger partial charge on any atom is -0.493 e. The molecule has 156 valence electrons. The zero-order valence-corrected chi connectivity index (χ0v) is 17.1. The first-order chi connectivity index (χ1) is 14.5. The molecule has 0 saturated heterocycles. The van der Waals surface area contributed by atoms with Crippen LogP contribution in [0.5, 0.6) is 11.5 Å². The lowest BCUT2D eigenvalue weighted by atomic mass is 10.1. The van der Waals surface area contributed by atoms with Gasteiger partial charge in [0.1, 0.15) is 17.7 Å². The van der Waals surface area contributed by atoms with Crippen LogP contribution in [0.1, 0.15) is 29.9 Å². The van der Waals surface area contributed by atoms with Crippen LogP contribution in [0, 0.1) is 5.82 Å². The third-order valence-corrected chi connectivity index (χ3v) is 4.51. The molecule has 1 atom stereocenters. The van der Waals surface area contributed by atoms with Gasteiger partial charge in [-0.2, -0.15) is 0 Å². The summed E-state index contributed by atoms with van der Waals surface area (Å²) in [7, 11) is 3.36. The number of rotatable bonds is 8. The molecule has 0 aliphatic heterocycles. The van der Waals surface area contributed by atoms with Crippen molar-refractivity contribution in [2.24, 2.45) is 7.05 Å². The van der Waals surface area contributed by atoms with Crippen molar-refractivity contribution in [2.45, 2.75) is 13.0 Å². The Kier molecular flexibility index (Phi) is 6.85. The fourth-order valence-corrected chi connectivity index (χ4v) is 3.08. The maximum absolute atomic E-state index is 13.8. The van der Waals surface area contributed by atoms with Crippen LogP contribution in [-0.2, 0) is 11.8 Å². The molecule has 1 amide bonds. The molecule has 0 saturated carbocycles. The average molecular weight is 409 g/mol. The lowest BCUT2D eigenvalue weighted by molar-refractivity contribution is -0.123. The SMILES string of the molecule is C/C=C/c1ccc(OCC(=O)NC(c2cccc(F)c2)c2nccn2C)c(OC)c1. The number of carbonyl (C=O) groups is 1. The van der Waals surface area contributed by atoms with E-state index in [-0.39, 0.29) is 18.3 Å². The summed E-state index contributed by atoms with van der Waals surface area (Å²) in [5, 5.41) is 2.88. The molecule has 0 aliphatic carbocycles. The smallest absolute Gasteiger partial charge is 0.258 e. The molecule has 6 nitrogen and oxygen atoms in total. The van der Waals surface area contributed by atoms with E-state index in [1.54, 1.807) is 42.3 Å². The Morgan fingerprint density at radius 1 is 1.27 bits per heavy atom. The van der Waals surface area contributed by atoms with E-state index in [9.17, 15) is 9.18 Å². The van der Waals surface area contributed by atoms with Crippen molar-refractivity contribution in [1.82, 2.24) is 14.9 Å². The number of ether oxygens (including phenoxy) is 2. The number of aromatic nitrogens is 2. The van der Waals surface area contributed by atoms with E-state index in [2.05, 4.69) is 10.3 Å². The van der Waals surface area contributed by atoms with Gasteiger partial charge in [-0.05, 0) is 42.3 Å². The second-order valence-corrected chi connectivity index (χ2v) is 6.65. The Labute approximate surface area is 175 Å². The van der Waals surface area contributed by atoms with E-state index in [4.69, 9.17) is 9.47 Å². The summed E-state index contributed by atoms with van der Waals surface area (Å²) in [5.74, 6) is 0.821. The van der Waals surface area contributed by atoms with Crippen LogP contribution in [0.15, 0.2) is 60.9 Å². The molecule has 7 heteroatoms. The maximum Gasteiger partial charge on any atom is 0.258 e. The van der Waals surface area contributed by atoms with Gasteiger partial charge in [0.2, 0.25) is 0 Å². The minimum absolute atomic E-state index is 0.227. The monoisotopic (exact) mass is 409 g/mol. The Hall–Kier alpha value is -3.61. The summed E-state index contributed by atoms with van der Waals surface area (Å²) in [6.45, 7) is 1.70. The molecule has 0 spiro atoms. The Bertz CT molecular complexity index is 1050. The number of imidazole rings is 1. The van der Waals surface area contributed by atoms with Gasteiger partial charge in [0.15, 0.2) is 18.1 Å². The number of hydrogen-bond donors (Lipinski definition) is 1. The quantitative estimate of drug-likeness (QED) is 0.613. The maximum atomic E-state index is 13.8. The number of nitrogens with one attached hydrogen (secondary N) is 1. The van der Waals surface area contributed by atoms with Crippen molar-refractivity contribution in [2.75, 3.05) is 13.7 Å². The molecule has 1 heterocycles. The van der Waals surface area contributed by atoms with E-state index in [0.29, 0.717) is 22.9 Å². The van der Waals surface area contributed by atoms with E-state index in [1.807, 2.05) is 38.3 Å². The summed E-state index contributed by atoms with van der Waals surface area (Å²) in [5.41, 5.74) is 1.55. The number of aryl methyl sites for hydroxylation is 1. The van der Waals surface area contributed by atoms with Gasteiger partial charge in [-0.3, -0.25) is 4.79 Å². The number of nitrogens with zero attached hydrogens (tertiary/aromatic N) is 2. The van der Waals surface area contributed by atoms with Gasteiger partial charge in [0.25, 0.3) is 5.91 Å². The number of halogens is 1. The summed E-state index contributed by atoms with van der Waals surface area (Å²) in [6.07, 6.45) is 7.26. The lowest BCUT2D eigenvalue weighted by Gasteiger charge is -2.19. The molecule has 0 bridgehead atoms. The molecule has 2 aromatic carbocycles.